The van der Waals surface area contributed by atoms with Gasteiger partial charge in [0.05, 0.1) is 17.1 Å². The number of rotatable bonds is 12. The molecule has 0 spiro atoms. The molecule has 0 aliphatic carbocycles. The molecule has 5 rings (SSSR count). The first kappa shape index (κ1) is 32.1. The summed E-state index contributed by atoms with van der Waals surface area (Å²) >= 11 is 1.45. The number of fused-ring (bicyclic) bond motifs is 1. The van der Waals surface area contributed by atoms with Crippen molar-refractivity contribution in [2.45, 2.75) is 80.4 Å². The van der Waals surface area contributed by atoms with Crippen molar-refractivity contribution >= 4 is 44.9 Å². The quantitative estimate of drug-likeness (QED) is 0.119. The summed E-state index contributed by atoms with van der Waals surface area (Å²) in [5, 5.41) is 7.38. The second-order valence-corrected chi connectivity index (χ2v) is 14.9. The molecule has 4 N–H and O–H groups in total. The molecule has 44 heavy (non-hydrogen) atoms. The highest BCUT2D eigenvalue weighted by Crippen LogP contribution is 2.47. The highest BCUT2D eigenvalue weighted by Gasteiger charge is 2.35. The molecule has 0 bridgehead atoms. The summed E-state index contributed by atoms with van der Waals surface area (Å²) in [5.74, 6) is -0.224. The molecule has 234 valence electrons. The molecule has 1 fully saturated rings. The highest BCUT2D eigenvalue weighted by molar-refractivity contribution is 8.00. The molecule has 0 saturated carbocycles. The number of anilines is 2. The van der Waals surface area contributed by atoms with Crippen molar-refractivity contribution in [3.8, 4) is 0 Å². The van der Waals surface area contributed by atoms with Gasteiger partial charge in [-0.25, -0.2) is 8.42 Å². The summed E-state index contributed by atoms with van der Waals surface area (Å²) in [5.41, 5.74) is 8.99. The number of carbonyl (C=O) groups is 1. The predicted octanol–water partition coefficient (Wildman–Crippen LogP) is 6.53. The van der Waals surface area contributed by atoms with Crippen LogP contribution in [-0.2, 0) is 20.6 Å². The number of likely N-dealkylation sites (tertiary alicyclic amines) is 1. The summed E-state index contributed by atoms with van der Waals surface area (Å²) in [7, 11) is -3.65. The lowest BCUT2D eigenvalue weighted by Gasteiger charge is -2.39. The minimum Gasteiger partial charge on any atom is -0.384 e. The van der Waals surface area contributed by atoms with E-state index in [1.165, 1.54) is 31.0 Å². The van der Waals surface area contributed by atoms with Crippen molar-refractivity contribution in [1.29, 1.82) is 5.41 Å². The molecule has 1 saturated heterocycles. The number of amides is 1. The third-order valence-electron chi connectivity index (χ3n) is 8.63. The van der Waals surface area contributed by atoms with Crippen LogP contribution in [0.5, 0.6) is 0 Å². The minimum atomic E-state index is -3.65. The van der Waals surface area contributed by atoms with Gasteiger partial charge in [0.25, 0.3) is 0 Å². The van der Waals surface area contributed by atoms with Crippen LogP contribution in [0, 0.1) is 5.41 Å². The molecular formula is C34H43N5O3S2. The number of amidine groups is 1. The van der Waals surface area contributed by atoms with Gasteiger partial charge in [-0.05, 0) is 81.5 Å². The number of nitrogens with one attached hydrogen (secondary N) is 2. The Morgan fingerprint density at radius 3 is 2.41 bits per heavy atom. The summed E-state index contributed by atoms with van der Waals surface area (Å²) in [6.45, 7) is 6.25. The first-order chi connectivity index (χ1) is 21.1. The van der Waals surface area contributed by atoms with Crippen LogP contribution in [0.4, 0.5) is 11.4 Å². The fraction of sp³-hybridized carbons (Fsp3) is 0.412. The fourth-order valence-electron chi connectivity index (χ4n) is 6.31. The fourth-order valence-corrected chi connectivity index (χ4v) is 8.70. The standard InChI is InChI=1S/C34H43N5O3S2/c1-24-11-9-12-25(2)38(24)19-7-4-8-20-39-30-22-29(37-44(41,42)23-26-13-5-3-6-14-26)17-18-31(30)43-32(34(39)40)27-15-10-16-28(21-27)33(35)36/h3,5-6,10,13-18,21-22,24-25,32,37H,4,7-9,11-12,19-20,23H2,1-2H3,(H3,35,36)/t24-,25+,32?. The molecule has 3 aromatic rings. The predicted molar refractivity (Wildman–Crippen MR) is 181 cm³/mol. The Morgan fingerprint density at radius 1 is 0.955 bits per heavy atom. The summed E-state index contributed by atoms with van der Waals surface area (Å²) in [6.07, 6.45) is 6.72. The molecular weight excluding hydrogens is 591 g/mol. The van der Waals surface area contributed by atoms with Gasteiger partial charge in [0.15, 0.2) is 0 Å². The number of thioether (sulfide) groups is 1. The van der Waals surface area contributed by atoms with E-state index in [1.807, 2.05) is 47.4 Å². The van der Waals surface area contributed by atoms with E-state index in [0.29, 0.717) is 35.4 Å². The average molecular weight is 634 g/mol. The molecule has 1 amide bonds. The molecule has 10 heteroatoms. The Kier molecular flexibility index (Phi) is 10.3. The number of carbonyl (C=O) groups excluding carboxylic acids is 1. The van der Waals surface area contributed by atoms with Crippen LogP contribution in [0.25, 0.3) is 0 Å². The van der Waals surface area contributed by atoms with Crippen LogP contribution in [-0.4, -0.2) is 50.2 Å². The van der Waals surface area contributed by atoms with Crippen molar-refractivity contribution in [3.05, 3.63) is 89.5 Å². The number of unbranched alkanes of at least 4 members (excludes halogenated alkanes) is 2. The van der Waals surface area contributed by atoms with E-state index in [1.54, 1.807) is 30.3 Å². The number of piperidine rings is 1. The zero-order valence-corrected chi connectivity index (χ0v) is 27.2. The van der Waals surface area contributed by atoms with Crippen molar-refractivity contribution in [2.75, 3.05) is 22.7 Å². The molecule has 0 aromatic heterocycles. The summed E-state index contributed by atoms with van der Waals surface area (Å²) < 4.78 is 28.7. The molecule has 0 radical (unpaired) electrons. The molecule has 2 heterocycles. The van der Waals surface area contributed by atoms with Crippen LogP contribution >= 0.6 is 11.8 Å². The molecule has 2 aliphatic heterocycles. The number of nitrogens with zero attached hydrogens (tertiary/aromatic N) is 2. The van der Waals surface area contributed by atoms with Crippen molar-refractivity contribution in [2.24, 2.45) is 5.73 Å². The van der Waals surface area contributed by atoms with Gasteiger partial charge >= 0.3 is 0 Å². The zero-order valence-electron chi connectivity index (χ0n) is 25.5. The van der Waals surface area contributed by atoms with Gasteiger partial charge in [0, 0.05) is 29.1 Å². The van der Waals surface area contributed by atoms with Crippen LogP contribution in [0.3, 0.4) is 0 Å². The largest absolute Gasteiger partial charge is 0.384 e. The number of benzene rings is 3. The SMILES string of the molecule is C[C@@H]1CCC[C@H](C)N1CCCCCN1C(=O)C(c2cccc(C(=N)N)c2)Sc2ccc(NS(=O)(=O)Cc3ccccc3)cc21. The van der Waals surface area contributed by atoms with Crippen LogP contribution in [0.15, 0.2) is 77.7 Å². The summed E-state index contributed by atoms with van der Waals surface area (Å²) in [6, 6.07) is 23.0. The maximum Gasteiger partial charge on any atom is 0.245 e. The van der Waals surface area contributed by atoms with Gasteiger partial charge < -0.3 is 10.6 Å². The van der Waals surface area contributed by atoms with E-state index < -0.39 is 15.3 Å². The van der Waals surface area contributed by atoms with Crippen molar-refractivity contribution in [1.82, 2.24) is 4.90 Å². The van der Waals surface area contributed by atoms with Crippen LogP contribution in [0.1, 0.15) is 74.3 Å². The third-order valence-corrected chi connectivity index (χ3v) is 11.2. The Bertz CT molecular complexity index is 1570. The van der Waals surface area contributed by atoms with Gasteiger partial charge in [-0.2, -0.15) is 0 Å². The molecule has 1 unspecified atom stereocenters. The van der Waals surface area contributed by atoms with Gasteiger partial charge in [0.1, 0.15) is 11.1 Å². The van der Waals surface area contributed by atoms with Crippen LogP contribution < -0.4 is 15.4 Å². The van der Waals surface area contributed by atoms with E-state index >= 15 is 0 Å². The van der Waals surface area contributed by atoms with E-state index in [9.17, 15) is 13.2 Å². The smallest absolute Gasteiger partial charge is 0.245 e. The monoisotopic (exact) mass is 633 g/mol. The van der Waals surface area contributed by atoms with Crippen molar-refractivity contribution < 1.29 is 13.2 Å². The van der Waals surface area contributed by atoms with E-state index in [0.717, 1.165) is 42.0 Å². The first-order valence-electron chi connectivity index (χ1n) is 15.5. The molecule has 3 atom stereocenters. The number of nitrogen functional groups attached to an aromatic ring is 1. The number of hydrogen-bond acceptors (Lipinski definition) is 6. The van der Waals surface area contributed by atoms with Gasteiger partial charge in [0.2, 0.25) is 15.9 Å². The maximum atomic E-state index is 14.1. The minimum absolute atomic E-state index is 0.0397. The Hall–Kier alpha value is -3.34. The lowest BCUT2D eigenvalue weighted by atomic mass is 9.97. The van der Waals surface area contributed by atoms with Gasteiger partial charge in [-0.15, -0.1) is 11.8 Å². The lowest BCUT2D eigenvalue weighted by Crippen LogP contribution is -2.44. The zero-order chi connectivity index (χ0) is 31.3. The normalized spacial score (nSPS) is 20.7. The molecule has 8 nitrogen and oxygen atoms in total. The second kappa shape index (κ2) is 14.2. The van der Waals surface area contributed by atoms with Crippen molar-refractivity contribution in [3.63, 3.8) is 0 Å². The molecule has 2 aliphatic rings. The first-order valence-corrected chi connectivity index (χ1v) is 18.0. The number of hydrogen-bond donors (Lipinski definition) is 3. The number of sulfonamides is 1. The van der Waals surface area contributed by atoms with E-state index in [2.05, 4.69) is 23.5 Å². The maximum absolute atomic E-state index is 14.1. The highest BCUT2D eigenvalue weighted by atomic mass is 32.2. The lowest BCUT2D eigenvalue weighted by molar-refractivity contribution is -0.118. The Labute approximate surface area is 266 Å². The third kappa shape index (κ3) is 7.83. The molecule has 3 aromatic carbocycles. The van der Waals surface area contributed by atoms with Gasteiger partial charge in [-0.1, -0.05) is 61.4 Å². The van der Waals surface area contributed by atoms with Crippen LogP contribution in [0.2, 0.25) is 0 Å². The Morgan fingerprint density at radius 2 is 1.68 bits per heavy atom. The van der Waals surface area contributed by atoms with E-state index in [-0.39, 0.29) is 17.5 Å². The topological polar surface area (TPSA) is 120 Å². The second-order valence-electron chi connectivity index (χ2n) is 12.0. The Balaban J connectivity index is 1.34. The van der Waals surface area contributed by atoms with E-state index in [4.69, 9.17) is 11.1 Å². The number of nitrogens with two attached hydrogens (primary N) is 1. The van der Waals surface area contributed by atoms with Gasteiger partial charge in [-0.3, -0.25) is 19.8 Å². The summed E-state index contributed by atoms with van der Waals surface area (Å²) in [4.78, 5) is 19.4. The average Bonchev–Trinajstić information content (AvgIpc) is 2.99.